The molecule has 0 saturated carbocycles. The van der Waals surface area contributed by atoms with E-state index in [-0.39, 0.29) is 11.7 Å². The number of benzene rings is 3. The van der Waals surface area contributed by atoms with E-state index in [1.807, 2.05) is 24.3 Å². The van der Waals surface area contributed by atoms with Crippen LogP contribution in [0.2, 0.25) is 0 Å². The molecule has 0 aliphatic heterocycles. The van der Waals surface area contributed by atoms with E-state index in [4.69, 9.17) is 16.4 Å². The van der Waals surface area contributed by atoms with Crippen LogP contribution in [0, 0.1) is 18.2 Å². The highest BCUT2D eigenvalue weighted by Crippen LogP contribution is 2.31. The second-order valence-electron chi connectivity index (χ2n) is 8.25. The number of terminal acetylenes is 1. The van der Waals surface area contributed by atoms with E-state index < -0.39 is 0 Å². The Kier molecular flexibility index (Phi) is 6.50. The predicted octanol–water partition coefficient (Wildman–Crippen LogP) is 5.17. The van der Waals surface area contributed by atoms with E-state index in [1.54, 1.807) is 42.7 Å². The van der Waals surface area contributed by atoms with Crippen molar-refractivity contribution in [2.24, 2.45) is 0 Å². The van der Waals surface area contributed by atoms with Gasteiger partial charge in [-0.2, -0.15) is 0 Å². The average molecular weight is 476 g/mol. The largest absolute Gasteiger partial charge is 0.352 e. The number of fused-ring (bicyclic) bond motifs is 1. The molecule has 0 radical (unpaired) electrons. The van der Waals surface area contributed by atoms with Gasteiger partial charge in [0.1, 0.15) is 11.6 Å². The first-order valence-corrected chi connectivity index (χ1v) is 11.5. The maximum atomic E-state index is 13.6. The molecule has 6 nitrogen and oxygen atoms in total. The topological polar surface area (TPSA) is 83.6 Å². The molecule has 2 aromatic heterocycles. The Bertz CT molecular complexity index is 1550. The van der Waals surface area contributed by atoms with Gasteiger partial charge in [0.15, 0.2) is 0 Å². The van der Waals surface area contributed by atoms with Crippen molar-refractivity contribution in [3.05, 3.63) is 102 Å². The number of carbonyl (C=O) groups excluding carboxylic acids is 1. The van der Waals surface area contributed by atoms with Crippen molar-refractivity contribution in [1.29, 1.82) is 0 Å². The number of nitrogens with one attached hydrogen (secondary N) is 2. The van der Waals surface area contributed by atoms with E-state index in [0.29, 0.717) is 34.5 Å². The molecule has 5 aromatic rings. The molecule has 0 atom stereocenters. The lowest BCUT2D eigenvalue weighted by atomic mass is 10.0. The lowest BCUT2D eigenvalue weighted by Crippen LogP contribution is -2.24. The van der Waals surface area contributed by atoms with Crippen molar-refractivity contribution in [3.63, 3.8) is 0 Å². The molecule has 0 saturated heterocycles. The van der Waals surface area contributed by atoms with Gasteiger partial charge in [-0.25, -0.2) is 19.3 Å². The quantitative estimate of drug-likeness (QED) is 0.251. The Labute approximate surface area is 207 Å². The van der Waals surface area contributed by atoms with Gasteiger partial charge in [-0.3, -0.25) is 4.79 Å². The standard InChI is InChI=1S/C29H22FN5O/c1-2-19-5-7-20(8-6-19)28-27(21-9-12-23(30)13-10-21)34-24-14-11-22(18-25(24)35-28)29(36)33-15-3-4-26-31-16-17-32-26/h1,5-14,16-18H,3-4,15H2,(H,31,32)(H,33,36). The normalized spacial score (nSPS) is 10.8. The van der Waals surface area contributed by atoms with Crippen molar-refractivity contribution in [3.8, 4) is 34.9 Å². The Balaban J connectivity index is 1.46. The molecule has 7 heteroatoms. The maximum Gasteiger partial charge on any atom is 0.251 e. The fraction of sp³-hybridized carbons (Fsp3) is 0.103. The van der Waals surface area contributed by atoms with Crippen LogP contribution in [0.15, 0.2) is 79.1 Å². The zero-order valence-electron chi connectivity index (χ0n) is 19.3. The zero-order valence-corrected chi connectivity index (χ0v) is 19.3. The van der Waals surface area contributed by atoms with E-state index >= 15 is 0 Å². The lowest BCUT2D eigenvalue weighted by Gasteiger charge is -2.12. The number of imidazole rings is 1. The summed E-state index contributed by atoms with van der Waals surface area (Å²) in [7, 11) is 0. The first-order chi connectivity index (χ1) is 17.6. The summed E-state index contributed by atoms with van der Waals surface area (Å²) in [5.41, 5.74) is 5.25. The number of hydrogen-bond acceptors (Lipinski definition) is 4. The van der Waals surface area contributed by atoms with Gasteiger partial charge in [0.05, 0.1) is 22.4 Å². The molecule has 1 amide bonds. The average Bonchev–Trinajstić information content (AvgIpc) is 3.44. The molecule has 36 heavy (non-hydrogen) atoms. The first kappa shape index (κ1) is 22.9. The van der Waals surface area contributed by atoms with E-state index in [1.165, 1.54) is 12.1 Å². The summed E-state index contributed by atoms with van der Waals surface area (Å²) in [6.45, 7) is 0.527. The highest BCUT2D eigenvalue weighted by molar-refractivity contribution is 5.98. The summed E-state index contributed by atoms with van der Waals surface area (Å²) in [6.07, 6.45) is 10.5. The fourth-order valence-corrected chi connectivity index (χ4v) is 3.92. The first-order valence-electron chi connectivity index (χ1n) is 11.5. The highest BCUT2D eigenvalue weighted by atomic mass is 19.1. The number of aromatic nitrogens is 4. The second kappa shape index (κ2) is 10.2. The minimum absolute atomic E-state index is 0.180. The number of aromatic amines is 1. The summed E-state index contributed by atoms with van der Waals surface area (Å²) in [5.74, 6) is 3.00. The summed E-state index contributed by atoms with van der Waals surface area (Å²) in [5, 5.41) is 2.94. The molecule has 3 aromatic carbocycles. The smallest absolute Gasteiger partial charge is 0.251 e. The molecular formula is C29H22FN5O. The van der Waals surface area contributed by atoms with Gasteiger partial charge in [-0.05, 0) is 61.0 Å². The minimum Gasteiger partial charge on any atom is -0.352 e. The maximum absolute atomic E-state index is 13.6. The predicted molar refractivity (Wildman–Crippen MR) is 138 cm³/mol. The van der Waals surface area contributed by atoms with Crippen molar-refractivity contribution < 1.29 is 9.18 Å². The van der Waals surface area contributed by atoms with Crippen LogP contribution < -0.4 is 5.32 Å². The van der Waals surface area contributed by atoms with Crippen LogP contribution in [0.3, 0.4) is 0 Å². The number of hydrogen-bond donors (Lipinski definition) is 2. The van der Waals surface area contributed by atoms with Crippen LogP contribution in [0.25, 0.3) is 33.5 Å². The van der Waals surface area contributed by atoms with Crippen molar-refractivity contribution in [2.45, 2.75) is 12.8 Å². The molecule has 0 bridgehead atoms. The van der Waals surface area contributed by atoms with Crippen LogP contribution in [-0.2, 0) is 6.42 Å². The Morgan fingerprint density at radius 3 is 2.31 bits per heavy atom. The number of nitrogens with zero attached hydrogens (tertiary/aromatic N) is 3. The van der Waals surface area contributed by atoms with Crippen molar-refractivity contribution in [1.82, 2.24) is 25.3 Å². The van der Waals surface area contributed by atoms with Gasteiger partial charge in [0.25, 0.3) is 5.91 Å². The molecule has 2 N–H and O–H groups in total. The summed E-state index contributed by atoms with van der Waals surface area (Å²) >= 11 is 0. The Hall–Kier alpha value is -4.83. The fourth-order valence-electron chi connectivity index (χ4n) is 3.92. The SMILES string of the molecule is C#Cc1ccc(-c2nc3cc(C(=O)NCCCc4ncc[nH]4)ccc3nc2-c2ccc(F)cc2)cc1. The molecular weight excluding hydrogens is 453 g/mol. The Morgan fingerprint density at radius 2 is 1.64 bits per heavy atom. The number of H-pyrrole nitrogens is 1. The van der Waals surface area contributed by atoms with Crippen LogP contribution in [-0.4, -0.2) is 32.4 Å². The van der Waals surface area contributed by atoms with E-state index in [0.717, 1.165) is 35.4 Å². The lowest BCUT2D eigenvalue weighted by molar-refractivity contribution is 0.0953. The highest BCUT2D eigenvalue weighted by Gasteiger charge is 2.15. The van der Waals surface area contributed by atoms with E-state index in [2.05, 4.69) is 21.2 Å². The molecule has 176 valence electrons. The minimum atomic E-state index is -0.327. The molecule has 0 aliphatic carbocycles. The molecule has 5 rings (SSSR count). The third-order valence-electron chi connectivity index (χ3n) is 5.80. The number of carbonyl (C=O) groups is 1. The number of aryl methyl sites for hydroxylation is 1. The van der Waals surface area contributed by atoms with Crippen LogP contribution in [0.4, 0.5) is 4.39 Å². The second-order valence-corrected chi connectivity index (χ2v) is 8.25. The number of halogens is 1. The van der Waals surface area contributed by atoms with Gasteiger partial charge >= 0.3 is 0 Å². The van der Waals surface area contributed by atoms with Crippen LogP contribution >= 0.6 is 0 Å². The Morgan fingerprint density at radius 1 is 0.944 bits per heavy atom. The number of amides is 1. The van der Waals surface area contributed by atoms with Crippen LogP contribution in [0.5, 0.6) is 0 Å². The third kappa shape index (κ3) is 4.98. The molecule has 0 fully saturated rings. The van der Waals surface area contributed by atoms with E-state index in [9.17, 15) is 9.18 Å². The summed E-state index contributed by atoms with van der Waals surface area (Å²) in [6, 6.07) is 18.8. The monoisotopic (exact) mass is 475 g/mol. The molecule has 0 unspecified atom stereocenters. The summed E-state index contributed by atoms with van der Waals surface area (Å²) in [4.78, 5) is 29.7. The third-order valence-corrected chi connectivity index (χ3v) is 5.80. The number of rotatable bonds is 7. The van der Waals surface area contributed by atoms with Crippen molar-refractivity contribution in [2.75, 3.05) is 6.54 Å². The van der Waals surface area contributed by atoms with Crippen LogP contribution in [0.1, 0.15) is 28.2 Å². The van der Waals surface area contributed by atoms with Gasteiger partial charge < -0.3 is 10.3 Å². The zero-order chi connectivity index (χ0) is 24.9. The van der Waals surface area contributed by atoms with Gasteiger partial charge in [-0.15, -0.1) is 6.42 Å². The molecule has 0 spiro atoms. The molecule has 2 heterocycles. The summed E-state index contributed by atoms with van der Waals surface area (Å²) < 4.78 is 13.6. The van der Waals surface area contributed by atoms with Crippen molar-refractivity contribution >= 4 is 16.9 Å². The van der Waals surface area contributed by atoms with Gasteiger partial charge in [0, 0.05) is 47.6 Å². The molecule has 0 aliphatic rings. The van der Waals surface area contributed by atoms with Gasteiger partial charge in [0.2, 0.25) is 0 Å². The van der Waals surface area contributed by atoms with Gasteiger partial charge in [-0.1, -0.05) is 18.1 Å².